The highest BCUT2D eigenvalue weighted by atomic mass is 15.6. The zero-order valence-corrected chi connectivity index (χ0v) is 10.2. The van der Waals surface area contributed by atoms with Crippen molar-refractivity contribution in [3.63, 3.8) is 0 Å². The first-order valence-corrected chi connectivity index (χ1v) is 5.33. The van der Waals surface area contributed by atoms with Gasteiger partial charge >= 0.3 is 0 Å². The van der Waals surface area contributed by atoms with Crippen LogP contribution in [0.15, 0.2) is 34.3 Å². The molecule has 0 spiro atoms. The molecule has 19 heavy (non-hydrogen) atoms. The first kappa shape index (κ1) is 12.5. The van der Waals surface area contributed by atoms with Crippen LogP contribution in [-0.2, 0) is 7.05 Å². The molecule has 1 aromatic carbocycles. The van der Waals surface area contributed by atoms with Crippen molar-refractivity contribution in [2.24, 2.45) is 34.2 Å². The second kappa shape index (κ2) is 5.12. The first-order valence-electron chi connectivity index (χ1n) is 5.33. The van der Waals surface area contributed by atoms with Gasteiger partial charge in [0, 0.05) is 5.56 Å². The Morgan fingerprint density at radius 1 is 1.26 bits per heavy atom. The fourth-order valence-corrected chi connectivity index (χ4v) is 1.40. The van der Waals surface area contributed by atoms with Crippen LogP contribution in [0.3, 0.4) is 0 Å². The highest BCUT2D eigenvalue weighted by Crippen LogP contribution is 2.20. The number of hydrogen-bond acceptors (Lipinski definition) is 4. The predicted octanol–water partition coefficient (Wildman–Crippen LogP) is -0.903. The molecule has 0 radical (unpaired) electrons. The van der Waals surface area contributed by atoms with Crippen LogP contribution >= 0.6 is 0 Å². The van der Waals surface area contributed by atoms with Gasteiger partial charge < -0.3 is 17.2 Å². The number of aryl methyl sites for hydroxylation is 1. The molecule has 0 saturated heterocycles. The van der Waals surface area contributed by atoms with Gasteiger partial charge in [-0.1, -0.05) is 12.1 Å². The zero-order chi connectivity index (χ0) is 13.8. The van der Waals surface area contributed by atoms with Gasteiger partial charge in [0.1, 0.15) is 0 Å². The van der Waals surface area contributed by atoms with Crippen LogP contribution in [0.1, 0.15) is 0 Å². The highest BCUT2D eigenvalue weighted by Gasteiger charge is 2.04. The fourth-order valence-electron chi connectivity index (χ4n) is 1.40. The molecule has 0 aliphatic heterocycles. The molecule has 1 heterocycles. The van der Waals surface area contributed by atoms with E-state index in [9.17, 15) is 0 Å². The highest BCUT2D eigenvalue weighted by molar-refractivity contribution is 5.93. The minimum atomic E-state index is -0.145. The van der Waals surface area contributed by atoms with Gasteiger partial charge in [-0.2, -0.15) is 9.79 Å². The Kier molecular flexibility index (Phi) is 3.37. The Hall–Kier alpha value is -2.97. The molecular formula is C10H13N9. The third-order valence-electron chi connectivity index (χ3n) is 2.10. The van der Waals surface area contributed by atoms with Crippen molar-refractivity contribution in [1.29, 1.82) is 0 Å². The summed E-state index contributed by atoms with van der Waals surface area (Å²) >= 11 is 0. The van der Waals surface area contributed by atoms with E-state index >= 15 is 0 Å². The summed E-state index contributed by atoms with van der Waals surface area (Å²) in [6, 6.07) is 7.15. The maximum Gasteiger partial charge on any atom is 0.223 e. The van der Waals surface area contributed by atoms with Crippen LogP contribution in [-0.4, -0.2) is 32.1 Å². The molecule has 2 rings (SSSR count). The number of aliphatic imine (C=N–C) groups is 2. The molecule has 6 N–H and O–H groups in total. The number of tetrazole rings is 1. The molecule has 0 aliphatic rings. The first-order chi connectivity index (χ1) is 9.04. The molecule has 98 valence electrons. The number of aromatic nitrogens is 4. The summed E-state index contributed by atoms with van der Waals surface area (Å²) in [5.41, 5.74) is 17.3. The maximum atomic E-state index is 5.55. The largest absolute Gasteiger partial charge is 0.370 e. The van der Waals surface area contributed by atoms with Crippen molar-refractivity contribution in [2.45, 2.75) is 0 Å². The summed E-state index contributed by atoms with van der Waals surface area (Å²) < 4.78 is 0. The summed E-state index contributed by atoms with van der Waals surface area (Å²) in [5.74, 6) is 0.331. The fraction of sp³-hybridized carbons (Fsp3) is 0.100. The lowest BCUT2D eigenvalue weighted by Gasteiger charge is -1.98. The van der Waals surface area contributed by atoms with E-state index < -0.39 is 0 Å². The molecule has 9 heteroatoms. The minimum Gasteiger partial charge on any atom is -0.370 e. The molecule has 1 aromatic heterocycles. The summed E-state index contributed by atoms with van der Waals surface area (Å²) in [4.78, 5) is 9.06. The standard InChI is InChI=1S/C10H13N9/c1-19-17-8(16-18-19)6-3-2-4-7(5-6)14-10(13)15-9(11)12/h2-5H,1H3,(H6,11,12,13,14,15). The summed E-state index contributed by atoms with van der Waals surface area (Å²) in [6.45, 7) is 0. The summed E-state index contributed by atoms with van der Waals surface area (Å²) in [6.07, 6.45) is 0. The van der Waals surface area contributed by atoms with Gasteiger partial charge in [-0.25, -0.2) is 4.99 Å². The molecule has 0 saturated carbocycles. The van der Waals surface area contributed by atoms with Gasteiger partial charge in [0.05, 0.1) is 12.7 Å². The maximum absolute atomic E-state index is 5.55. The van der Waals surface area contributed by atoms with Gasteiger partial charge in [0.25, 0.3) is 0 Å². The lowest BCUT2D eigenvalue weighted by molar-refractivity contribution is 0.630. The lowest BCUT2D eigenvalue weighted by Crippen LogP contribution is -2.26. The van der Waals surface area contributed by atoms with Gasteiger partial charge in [-0.05, 0) is 17.3 Å². The van der Waals surface area contributed by atoms with E-state index in [1.807, 2.05) is 6.07 Å². The zero-order valence-electron chi connectivity index (χ0n) is 10.2. The van der Waals surface area contributed by atoms with Crippen molar-refractivity contribution in [3.05, 3.63) is 24.3 Å². The van der Waals surface area contributed by atoms with E-state index in [0.717, 1.165) is 5.56 Å². The number of hydrogen-bond donors (Lipinski definition) is 3. The smallest absolute Gasteiger partial charge is 0.223 e. The number of nitrogens with two attached hydrogens (primary N) is 3. The molecule has 9 nitrogen and oxygen atoms in total. The Balaban J connectivity index is 2.32. The lowest BCUT2D eigenvalue weighted by atomic mass is 10.2. The molecule has 2 aromatic rings. The van der Waals surface area contributed by atoms with Crippen LogP contribution in [0.2, 0.25) is 0 Å². The quantitative estimate of drug-likeness (QED) is 0.470. The van der Waals surface area contributed by atoms with Gasteiger partial charge in [-0.15, -0.1) is 10.2 Å². The van der Waals surface area contributed by atoms with Gasteiger partial charge in [-0.3, -0.25) is 0 Å². The van der Waals surface area contributed by atoms with Crippen molar-refractivity contribution in [3.8, 4) is 11.4 Å². The van der Waals surface area contributed by atoms with Crippen molar-refractivity contribution < 1.29 is 0 Å². The number of guanidine groups is 2. The van der Waals surface area contributed by atoms with Gasteiger partial charge in [0.2, 0.25) is 11.8 Å². The molecule has 0 aliphatic carbocycles. The van der Waals surface area contributed by atoms with Gasteiger partial charge in [0.15, 0.2) is 5.96 Å². The second-order valence-corrected chi connectivity index (χ2v) is 3.66. The second-order valence-electron chi connectivity index (χ2n) is 3.66. The van der Waals surface area contributed by atoms with Crippen molar-refractivity contribution in [1.82, 2.24) is 20.2 Å². The molecule has 0 unspecified atom stereocenters. The predicted molar refractivity (Wildman–Crippen MR) is 71.3 cm³/mol. The number of nitrogens with zero attached hydrogens (tertiary/aromatic N) is 6. The number of benzene rings is 1. The Morgan fingerprint density at radius 3 is 2.68 bits per heavy atom. The van der Waals surface area contributed by atoms with Crippen LogP contribution in [0, 0.1) is 0 Å². The van der Waals surface area contributed by atoms with Crippen LogP contribution in [0.4, 0.5) is 5.69 Å². The van der Waals surface area contributed by atoms with Crippen LogP contribution in [0.25, 0.3) is 11.4 Å². The van der Waals surface area contributed by atoms with E-state index in [1.54, 1.807) is 25.2 Å². The average molecular weight is 259 g/mol. The molecule has 0 bridgehead atoms. The van der Waals surface area contributed by atoms with E-state index in [-0.39, 0.29) is 11.9 Å². The van der Waals surface area contributed by atoms with E-state index in [0.29, 0.717) is 11.5 Å². The topological polar surface area (TPSA) is 146 Å². The van der Waals surface area contributed by atoms with E-state index in [2.05, 4.69) is 25.4 Å². The average Bonchev–Trinajstić information content (AvgIpc) is 2.75. The van der Waals surface area contributed by atoms with Crippen molar-refractivity contribution in [2.75, 3.05) is 0 Å². The Morgan fingerprint density at radius 2 is 2.05 bits per heavy atom. The van der Waals surface area contributed by atoms with E-state index in [4.69, 9.17) is 17.2 Å². The van der Waals surface area contributed by atoms with Crippen LogP contribution in [0.5, 0.6) is 0 Å². The van der Waals surface area contributed by atoms with E-state index in [1.165, 1.54) is 4.80 Å². The third kappa shape index (κ3) is 3.25. The molecular weight excluding hydrogens is 246 g/mol. The summed E-state index contributed by atoms with van der Waals surface area (Å²) in [5, 5.41) is 11.8. The molecule has 0 atom stereocenters. The minimum absolute atomic E-state index is 0.0238. The third-order valence-corrected chi connectivity index (χ3v) is 2.10. The molecule has 0 fully saturated rings. The Labute approximate surface area is 108 Å². The van der Waals surface area contributed by atoms with Crippen LogP contribution < -0.4 is 17.2 Å². The van der Waals surface area contributed by atoms with Crippen molar-refractivity contribution >= 4 is 17.6 Å². The number of rotatable bonds is 2. The molecule has 0 amide bonds. The normalized spacial score (nSPS) is 11.3. The SMILES string of the molecule is Cn1nnc(-c2cccc(N=C(N)N=C(N)N)c2)n1. The monoisotopic (exact) mass is 259 g/mol. The Bertz CT molecular complexity index is 636. The summed E-state index contributed by atoms with van der Waals surface area (Å²) in [7, 11) is 1.69.